The van der Waals surface area contributed by atoms with Crippen molar-refractivity contribution >= 4 is 34.7 Å². The second-order valence-corrected chi connectivity index (χ2v) is 3.32. The van der Waals surface area contributed by atoms with Crippen molar-refractivity contribution in [2.75, 3.05) is 6.61 Å². The van der Waals surface area contributed by atoms with Gasteiger partial charge in [-0.25, -0.2) is 0 Å². The van der Waals surface area contributed by atoms with E-state index in [9.17, 15) is 0 Å². The van der Waals surface area contributed by atoms with E-state index in [0.29, 0.717) is 5.02 Å². The fourth-order valence-electron chi connectivity index (χ4n) is 1.05. The number of ether oxygens (including phenoxy) is 1. The van der Waals surface area contributed by atoms with Gasteiger partial charge in [0.25, 0.3) is 0 Å². The molecule has 80 valence electrons. The molecule has 0 aromatic heterocycles. The van der Waals surface area contributed by atoms with E-state index in [-0.39, 0.29) is 40.0 Å². The molecule has 1 nitrogen and oxygen atoms in total. The van der Waals surface area contributed by atoms with Gasteiger partial charge in [0.2, 0.25) is 0 Å². The Kier molecular flexibility index (Phi) is 13.2. The molecule has 4 heteroatoms. The van der Waals surface area contributed by atoms with E-state index < -0.39 is 0 Å². The van der Waals surface area contributed by atoms with Crippen molar-refractivity contribution in [1.29, 1.82) is 0 Å². The van der Waals surface area contributed by atoms with Gasteiger partial charge in [0.05, 0.1) is 6.61 Å². The van der Waals surface area contributed by atoms with Crippen molar-refractivity contribution in [3.63, 3.8) is 0 Å². The van der Waals surface area contributed by atoms with Gasteiger partial charge >= 0.3 is 23.1 Å². The molecule has 0 aliphatic carbocycles. The summed E-state index contributed by atoms with van der Waals surface area (Å²) in [6.07, 6.45) is 3.50. The zero-order valence-electron chi connectivity index (χ0n) is 8.93. The van der Waals surface area contributed by atoms with Gasteiger partial charge in [-0.2, -0.15) is 29.8 Å². The van der Waals surface area contributed by atoms with Crippen LogP contribution in [-0.2, 0) is 0 Å². The van der Waals surface area contributed by atoms with Crippen LogP contribution in [0.2, 0.25) is 5.02 Å². The van der Waals surface area contributed by atoms with Crippen molar-refractivity contribution in [1.82, 2.24) is 0 Å². The van der Waals surface area contributed by atoms with Crippen molar-refractivity contribution in [3.8, 4) is 5.75 Å². The standard InChI is InChI=1S/C11H14ClO.BrH.Mg/c1-2-3-6-9-13-11-8-5-4-7-10(11)12;;/h5,7-8H,2-3,6,9H2,1H3;1H;/q-1;;+2/p-1. The van der Waals surface area contributed by atoms with E-state index in [4.69, 9.17) is 16.3 Å². The van der Waals surface area contributed by atoms with Gasteiger partial charge in [-0.1, -0.05) is 19.8 Å². The molecule has 1 aromatic rings. The van der Waals surface area contributed by atoms with Crippen LogP contribution in [0.1, 0.15) is 26.2 Å². The normalized spacial score (nSPS) is 8.67. The van der Waals surface area contributed by atoms with E-state index in [0.717, 1.165) is 18.8 Å². The van der Waals surface area contributed by atoms with Gasteiger partial charge in [0.1, 0.15) is 0 Å². The third-order valence-corrected chi connectivity index (χ3v) is 2.08. The van der Waals surface area contributed by atoms with Crippen molar-refractivity contribution in [3.05, 3.63) is 29.3 Å². The maximum atomic E-state index is 5.88. The monoisotopic (exact) mass is 300 g/mol. The fourth-order valence-corrected chi connectivity index (χ4v) is 1.23. The molecule has 0 N–H and O–H groups in total. The van der Waals surface area contributed by atoms with E-state index in [1.807, 2.05) is 6.07 Å². The summed E-state index contributed by atoms with van der Waals surface area (Å²) in [6.45, 7) is 2.92. The van der Waals surface area contributed by atoms with Crippen LogP contribution in [0.25, 0.3) is 0 Å². The Bertz CT molecular complexity index is 258. The molecule has 0 heterocycles. The van der Waals surface area contributed by atoms with Gasteiger partial charge < -0.3 is 21.7 Å². The summed E-state index contributed by atoms with van der Waals surface area (Å²) in [6, 6.07) is 8.26. The van der Waals surface area contributed by atoms with E-state index in [1.165, 1.54) is 12.8 Å². The van der Waals surface area contributed by atoms with Gasteiger partial charge in [-0.15, -0.1) is 6.07 Å². The molecule has 0 fully saturated rings. The molecule has 0 saturated carbocycles. The first-order chi connectivity index (χ1) is 6.34. The molecular weight excluding hydrogens is 288 g/mol. The number of benzene rings is 1. The maximum Gasteiger partial charge on any atom is 2.00 e. The summed E-state index contributed by atoms with van der Waals surface area (Å²) in [5.74, 6) is 0.761. The predicted octanol–water partition coefficient (Wildman–Crippen LogP) is 0.332. The summed E-state index contributed by atoms with van der Waals surface area (Å²) in [4.78, 5) is 0. The van der Waals surface area contributed by atoms with E-state index in [1.54, 1.807) is 12.1 Å². The Hall–Kier alpha value is 0.556. The summed E-state index contributed by atoms with van der Waals surface area (Å²) >= 11 is 5.88. The minimum atomic E-state index is 0. The molecule has 0 aliphatic rings. The summed E-state index contributed by atoms with van der Waals surface area (Å²) < 4.78 is 5.49. The van der Waals surface area contributed by atoms with Crippen LogP contribution in [0, 0.1) is 6.07 Å². The number of rotatable bonds is 5. The van der Waals surface area contributed by atoms with Crippen LogP contribution in [0.3, 0.4) is 0 Å². The summed E-state index contributed by atoms with van der Waals surface area (Å²) in [5, 5.41) is 0.638. The molecule has 15 heavy (non-hydrogen) atoms. The Balaban J connectivity index is 0. The average molecular weight is 302 g/mol. The molecule has 1 rings (SSSR count). The SMILES string of the molecule is CCCCCOc1cc[c-]cc1Cl.[Br-].[Mg+2]. The molecular formula is C11H14BrClMgO. The third kappa shape index (κ3) is 7.45. The predicted molar refractivity (Wildman–Crippen MR) is 61.1 cm³/mol. The number of hydrogen-bond donors (Lipinski definition) is 0. The molecule has 0 atom stereocenters. The maximum absolute atomic E-state index is 5.88. The van der Waals surface area contributed by atoms with E-state index >= 15 is 0 Å². The van der Waals surface area contributed by atoms with Crippen LogP contribution < -0.4 is 21.7 Å². The molecule has 0 unspecified atom stereocenters. The van der Waals surface area contributed by atoms with Gasteiger partial charge in [-0.3, -0.25) is 0 Å². The van der Waals surface area contributed by atoms with Crippen LogP contribution in [0.15, 0.2) is 18.2 Å². The minimum Gasteiger partial charge on any atom is -1.00 e. The zero-order valence-corrected chi connectivity index (χ0v) is 12.7. The number of unbranched alkanes of at least 4 members (excludes halogenated alkanes) is 2. The first-order valence-electron chi connectivity index (χ1n) is 4.63. The third-order valence-electron chi connectivity index (χ3n) is 1.78. The van der Waals surface area contributed by atoms with Crippen LogP contribution in [-0.4, -0.2) is 29.7 Å². The van der Waals surface area contributed by atoms with E-state index in [2.05, 4.69) is 13.0 Å². The molecule has 0 saturated heterocycles. The van der Waals surface area contributed by atoms with Crippen LogP contribution in [0.4, 0.5) is 0 Å². The fraction of sp³-hybridized carbons (Fsp3) is 0.455. The number of halogens is 2. The van der Waals surface area contributed by atoms with Gasteiger partial charge in [0.15, 0.2) is 0 Å². The van der Waals surface area contributed by atoms with Crippen LogP contribution >= 0.6 is 11.6 Å². The van der Waals surface area contributed by atoms with Crippen molar-refractivity contribution in [2.45, 2.75) is 26.2 Å². The molecule has 1 aromatic carbocycles. The molecule has 0 amide bonds. The first kappa shape index (κ1) is 17.9. The number of hydrogen-bond acceptors (Lipinski definition) is 1. The van der Waals surface area contributed by atoms with Crippen LogP contribution in [0.5, 0.6) is 5.75 Å². The van der Waals surface area contributed by atoms with Crippen molar-refractivity contribution in [2.24, 2.45) is 0 Å². The average Bonchev–Trinajstić information content (AvgIpc) is 2.15. The Morgan fingerprint density at radius 3 is 2.73 bits per heavy atom. The first-order valence-corrected chi connectivity index (χ1v) is 5.00. The molecule has 0 aliphatic heterocycles. The van der Waals surface area contributed by atoms with Gasteiger partial charge in [-0.05, 0) is 11.4 Å². The minimum absolute atomic E-state index is 0. The topological polar surface area (TPSA) is 9.23 Å². The zero-order chi connectivity index (χ0) is 9.52. The Morgan fingerprint density at radius 1 is 1.40 bits per heavy atom. The van der Waals surface area contributed by atoms with Crippen molar-refractivity contribution < 1.29 is 21.7 Å². The second-order valence-electron chi connectivity index (χ2n) is 2.91. The van der Waals surface area contributed by atoms with Gasteiger partial charge in [0, 0.05) is 5.75 Å². The second kappa shape index (κ2) is 11.1. The molecule has 0 spiro atoms. The summed E-state index contributed by atoms with van der Waals surface area (Å²) in [5.41, 5.74) is 0. The Morgan fingerprint density at radius 2 is 2.13 bits per heavy atom. The quantitative estimate of drug-likeness (QED) is 0.433. The summed E-state index contributed by atoms with van der Waals surface area (Å²) in [7, 11) is 0. The molecule has 0 bridgehead atoms. The Labute approximate surface area is 123 Å². The molecule has 0 radical (unpaired) electrons. The smallest absolute Gasteiger partial charge is 1.00 e. The largest absolute Gasteiger partial charge is 2.00 e.